The number of halogens is 2. The quantitative estimate of drug-likeness (QED) is 0.615. The van der Waals surface area contributed by atoms with Crippen LogP contribution in [0.1, 0.15) is 5.56 Å². The molecule has 0 unspecified atom stereocenters. The average Bonchev–Trinajstić information content (AvgIpc) is 2.76. The first-order valence-corrected chi connectivity index (χ1v) is 11.1. The van der Waals surface area contributed by atoms with E-state index in [1.165, 1.54) is 10.7 Å². The highest BCUT2D eigenvalue weighted by Crippen LogP contribution is 2.23. The van der Waals surface area contributed by atoms with E-state index in [2.05, 4.69) is 5.10 Å². The first kappa shape index (κ1) is 21.1. The van der Waals surface area contributed by atoms with Crippen molar-refractivity contribution in [1.29, 1.82) is 0 Å². The van der Waals surface area contributed by atoms with Gasteiger partial charge >= 0.3 is 0 Å². The van der Waals surface area contributed by atoms with Crippen LogP contribution in [0.5, 0.6) is 0 Å². The lowest BCUT2D eigenvalue weighted by molar-refractivity contribution is 0.380. The number of sulfonamides is 1. The largest absolute Gasteiger partial charge is 0.353 e. The molecule has 1 aliphatic rings. The molecule has 0 N–H and O–H groups in total. The summed E-state index contributed by atoms with van der Waals surface area (Å²) in [7, 11) is -4.17. The van der Waals surface area contributed by atoms with Gasteiger partial charge in [0, 0.05) is 32.2 Å². The van der Waals surface area contributed by atoms with Gasteiger partial charge in [0.2, 0.25) is 10.0 Å². The fourth-order valence-electron chi connectivity index (χ4n) is 3.41. The van der Waals surface area contributed by atoms with E-state index in [1.807, 2.05) is 24.0 Å². The molecule has 1 saturated heterocycles. The van der Waals surface area contributed by atoms with Gasteiger partial charge in [0.15, 0.2) is 0 Å². The Kier molecular flexibility index (Phi) is 5.59. The summed E-state index contributed by atoms with van der Waals surface area (Å²) in [5.74, 6) is -1.29. The van der Waals surface area contributed by atoms with Crippen LogP contribution >= 0.6 is 0 Å². The second-order valence-corrected chi connectivity index (χ2v) is 9.15. The van der Waals surface area contributed by atoms with Crippen LogP contribution in [-0.2, 0) is 10.0 Å². The lowest BCUT2D eigenvalue weighted by atomic mass is 10.2. The van der Waals surface area contributed by atoms with Gasteiger partial charge in [0.1, 0.15) is 22.3 Å². The molecule has 1 aromatic heterocycles. The van der Waals surface area contributed by atoms with Crippen molar-refractivity contribution < 1.29 is 17.2 Å². The SMILES string of the molecule is Cc1ccc(-n2nc(N3CCN(S(=O)(=O)c4cc(F)ccc4F)CC3)ccc2=O)cc1. The summed E-state index contributed by atoms with van der Waals surface area (Å²) in [5.41, 5.74) is 1.40. The van der Waals surface area contributed by atoms with Crippen molar-refractivity contribution >= 4 is 15.8 Å². The van der Waals surface area contributed by atoms with E-state index in [0.29, 0.717) is 17.6 Å². The van der Waals surface area contributed by atoms with E-state index in [-0.39, 0.29) is 31.7 Å². The molecule has 0 aliphatic carbocycles. The number of nitrogens with zero attached hydrogens (tertiary/aromatic N) is 4. The topological polar surface area (TPSA) is 75.5 Å². The smallest absolute Gasteiger partial charge is 0.271 e. The first-order chi connectivity index (χ1) is 14.8. The highest BCUT2D eigenvalue weighted by Gasteiger charge is 2.31. The van der Waals surface area contributed by atoms with Crippen molar-refractivity contribution in [2.75, 3.05) is 31.1 Å². The summed E-state index contributed by atoms with van der Waals surface area (Å²) in [6.45, 7) is 2.66. The van der Waals surface area contributed by atoms with Crippen molar-refractivity contribution in [3.8, 4) is 5.69 Å². The number of anilines is 1. The molecule has 1 fully saturated rings. The van der Waals surface area contributed by atoms with Crippen LogP contribution in [0.3, 0.4) is 0 Å². The first-order valence-electron chi connectivity index (χ1n) is 9.63. The third kappa shape index (κ3) is 4.21. The van der Waals surface area contributed by atoms with Crippen LogP contribution in [0, 0.1) is 18.6 Å². The van der Waals surface area contributed by atoms with E-state index < -0.39 is 26.6 Å². The minimum Gasteiger partial charge on any atom is -0.353 e. The summed E-state index contributed by atoms with van der Waals surface area (Å²) in [5, 5.41) is 4.42. The Morgan fingerprint density at radius 1 is 0.903 bits per heavy atom. The van der Waals surface area contributed by atoms with E-state index in [0.717, 1.165) is 22.0 Å². The molecule has 3 aromatic rings. The summed E-state index contributed by atoms with van der Waals surface area (Å²) >= 11 is 0. The third-order valence-corrected chi connectivity index (χ3v) is 7.05. The fourth-order valence-corrected chi connectivity index (χ4v) is 4.91. The molecule has 1 aliphatic heterocycles. The minimum atomic E-state index is -4.17. The molecule has 162 valence electrons. The Morgan fingerprint density at radius 2 is 1.58 bits per heavy atom. The molecule has 0 amide bonds. The van der Waals surface area contributed by atoms with Gasteiger partial charge in [-0.15, -0.1) is 5.10 Å². The van der Waals surface area contributed by atoms with Gasteiger partial charge in [-0.3, -0.25) is 4.79 Å². The minimum absolute atomic E-state index is 0.0730. The maximum absolute atomic E-state index is 14.0. The number of aryl methyl sites for hydroxylation is 1. The zero-order valence-corrected chi connectivity index (χ0v) is 17.5. The van der Waals surface area contributed by atoms with Crippen LogP contribution in [0.4, 0.5) is 14.6 Å². The number of aromatic nitrogens is 2. The van der Waals surface area contributed by atoms with Gasteiger partial charge in [-0.25, -0.2) is 17.2 Å². The van der Waals surface area contributed by atoms with Gasteiger partial charge in [-0.1, -0.05) is 17.7 Å². The van der Waals surface area contributed by atoms with E-state index in [9.17, 15) is 22.0 Å². The molecule has 7 nitrogen and oxygen atoms in total. The molecule has 31 heavy (non-hydrogen) atoms. The highest BCUT2D eigenvalue weighted by atomic mass is 32.2. The van der Waals surface area contributed by atoms with E-state index >= 15 is 0 Å². The number of hydrogen-bond donors (Lipinski definition) is 0. The molecule has 2 aromatic carbocycles. The lowest BCUT2D eigenvalue weighted by Gasteiger charge is -2.34. The van der Waals surface area contributed by atoms with Crippen molar-refractivity contribution in [2.45, 2.75) is 11.8 Å². The van der Waals surface area contributed by atoms with Crippen LogP contribution in [0.2, 0.25) is 0 Å². The number of rotatable bonds is 4. The Hall–Kier alpha value is -3.11. The summed E-state index contributed by atoms with van der Waals surface area (Å²) in [6.07, 6.45) is 0. The van der Waals surface area contributed by atoms with Crippen molar-refractivity contribution in [3.05, 3.63) is 82.1 Å². The van der Waals surface area contributed by atoms with Crippen LogP contribution in [-0.4, -0.2) is 48.7 Å². The maximum Gasteiger partial charge on any atom is 0.271 e. The summed E-state index contributed by atoms with van der Waals surface area (Å²) < 4.78 is 55.4. The second kappa shape index (κ2) is 8.20. The predicted molar refractivity (Wildman–Crippen MR) is 112 cm³/mol. The third-order valence-electron chi connectivity index (χ3n) is 5.14. The number of piperazine rings is 1. The zero-order valence-electron chi connectivity index (χ0n) is 16.7. The van der Waals surface area contributed by atoms with Crippen LogP contribution < -0.4 is 10.5 Å². The molecule has 0 radical (unpaired) electrons. The molecule has 4 rings (SSSR count). The maximum atomic E-state index is 14.0. The number of hydrogen-bond acceptors (Lipinski definition) is 5. The predicted octanol–water partition coefficient (Wildman–Crippen LogP) is 2.33. The summed E-state index contributed by atoms with van der Waals surface area (Å²) in [6, 6.07) is 12.7. The lowest BCUT2D eigenvalue weighted by Crippen LogP contribution is -2.49. The van der Waals surface area contributed by atoms with Crippen molar-refractivity contribution in [1.82, 2.24) is 14.1 Å². The van der Waals surface area contributed by atoms with Crippen LogP contribution in [0.25, 0.3) is 5.69 Å². The molecule has 0 bridgehead atoms. The van der Waals surface area contributed by atoms with E-state index in [4.69, 9.17) is 0 Å². The molecular formula is C21H20F2N4O3S. The van der Waals surface area contributed by atoms with Crippen molar-refractivity contribution in [3.63, 3.8) is 0 Å². The molecule has 0 saturated carbocycles. The van der Waals surface area contributed by atoms with Gasteiger partial charge in [-0.2, -0.15) is 8.99 Å². The van der Waals surface area contributed by atoms with Gasteiger partial charge < -0.3 is 4.90 Å². The van der Waals surface area contributed by atoms with Gasteiger partial charge in [0.25, 0.3) is 5.56 Å². The Labute approximate surface area is 178 Å². The zero-order chi connectivity index (χ0) is 22.2. The van der Waals surface area contributed by atoms with Gasteiger partial charge in [0.05, 0.1) is 5.69 Å². The Morgan fingerprint density at radius 3 is 2.26 bits per heavy atom. The average molecular weight is 446 g/mol. The van der Waals surface area contributed by atoms with Gasteiger partial charge in [-0.05, 0) is 43.3 Å². The fraction of sp³-hybridized carbons (Fsp3) is 0.238. The van der Waals surface area contributed by atoms with Crippen molar-refractivity contribution in [2.24, 2.45) is 0 Å². The highest BCUT2D eigenvalue weighted by molar-refractivity contribution is 7.89. The molecule has 0 atom stereocenters. The standard InChI is InChI=1S/C21H20F2N4O3S/c1-15-2-5-17(6-3-15)27-21(28)9-8-20(24-27)25-10-12-26(13-11-25)31(29,30)19-14-16(22)4-7-18(19)23/h2-9,14H,10-13H2,1H3. The Bertz CT molecular complexity index is 1270. The molecule has 0 spiro atoms. The molecular weight excluding hydrogens is 426 g/mol. The second-order valence-electron chi connectivity index (χ2n) is 7.24. The van der Waals surface area contributed by atoms with E-state index in [1.54, 1.807) is 18.2 Å². The monoisotopic (exact) mass is 446 g/mol. The van der Waals surface area contributed by atoms with Crippen LogP contribution in [0.15, 0.2) is 64.3 Å². The number of benzene rings is 2. The molecule has 2 heterocycles. The normalized spacial score (nSPS) is 15.3. The Balaban J connectivity index is 1.54. The summed E-state index contributed by atoms with van der Waals surface area (Å²) in [4.78, 5) is 13.4. The molecule has 10 heteroatoms.